The third kappa shape index (κ3) is 4.93. The van der Waals surface area contributed by atoms with Crippen LogP contribution in [-0.2, 0) is 0 Å². The number of benzene rings is 1. The van der Waals surface area contributed by atoms with Crippen molar-refractivity contribution in [1.29, 1.82) is 0 Å². The van der Waals surface area contributed by atoms with Gasteiger partial charge < -0.3 is 0 Å². The standard InChI is InChI=1S/C22H31F2Si/c1-15-21(23)12-20(13-22(15)24)19-10-8-17(9-11-19)3-2-16-4-6-18(14-25)7-5-16/h12-13,16-19H,2-11,14H2,1H3. The third-order valence-electron chi connectivity index (χ3n) is 6.86. The van der Waals surface area contributed by atoms with Crippen molar-refractivity contribution in [3.63, 3.8) is 0 Å². The molecule has 0 spiro atoms. The second kappa shape index (κ2) is 8.79. The lowest BCUT2D eigenvalue weighted by atomic mass is 9.74. The van der Waals surface area contributed by atoms with Crippen LogP contribution >= 0.6 is 0 Å². The van der Waals surface area contributed by atoms with Crippen molar-refractivity contribution in [2.45, 2.75) is 83.1 Å². The molecule has 1 aromatic carbocycles. The molecular formula is C22H31F2Si. The van der Waals surface area contributed by atoms with E-state index in [0.29, 0.717) is 5.92 Å². The van der Waals surface area contributed by atoms with Crippen LogP contribution in [0.4, 0.5) is 8.78 Å². The van der Waals surface area contributed by atoms with Crippen LogP contribution in [0.1, 0.15) is 81.3 Å². The summed E-state index contributed by atoms with van der Waals surface area (Å²) in [6, 6.07) is 4.29. The highest BCUT2D eigenvalue weighted by Crippen LogP contribution is 2.40. The van der Waals surface area contributed by atoms with E-state index >= 15 is 0 Å². The van der Waals surface area contributed by atoms with Gasteiger partial charge in [-0.05, 0) is 74.0 Å². The maximum Gasteiger partial charge on any atom is 0.129 e. The Morgan fingerprint density at radius 1 is 0.800 bits per heavy atom. The highest BCUT2D eigenvalue weighted by atomic mass is 28.1. The molecule has 0 atom stereocenters. The Morgan fingerprint density at radius 3 is 1.72 bits per heavy atom. The highest BCUT2D eigenvalue weighted by Gasteiger charge is 2.25. The van der Waals surface area contributed by atoms with Gasteiger partial charge in [-0.3, -0.25) is 0 Å². The largest absolute Gasteiger partial charge is 0.207 e. The first kappa shape index (κ1) is 19.1. The second-order valence-corrected chi connectivity index (χ2v) is 8.90. The molecule has 0 bridgehead atoms. The molecule has 0 aliphatic heterocycles. The van der Waals surface area contributed by atoms with Crippen molar-refractivity contribution in [2.24, 2.45) is 17.8 Å². The lowest BCUT2D eigenvalue weighted by Gasteiger charge is -2.32. The fourth-order valence-corrected chi connectivity index (χ4v) is 5.29. The summed E-state index contributed by atoms with van der Waals surface area (Å²) in [5, 5.41) is 0. The van der Waals surface area contributed by atoms with E-state index in [1.165, 1.54) is 58.3 Å². The van der Waals surface area contributed by atoms with Gasteiger partial charge in [0.2, 0.25) is 0 Å². The predicted octanol–water partition coefficient (Wildman–Crippen LogP) is 6.72. The van der Waals surface area contributed by atoms with E-state index in [1.807, 2.05) is 0 Å². The van der Waals surface area contributed by atoms with Crippen LogP contribution in [0.2, 0.25) is 6.04 Å². The van der Waals surface area contributed by atoms with Crippen molar-refractivity contribution in [3.05, 3.63) is 34.9 Å². The Bertz CT molecular complexity index is 532. The molecule has 3 radical (unpaired) electrons. The number of hydrogen-bond acceptors (Lipinski definition) is 0. The van der Waals surface area contributed by atoms with Crippen molar-refractivity contribution in [3.8, 4) is 0 Å². The lowest BCUT2D eigenvalue weighted by molar-refractivity contribution is 0.237. The molecule has 0 amide bonds. The van der Waals surface area contributed by atoms with Gasteiger partial charge in [-0.1, -0.05) is 44.6 Å². The molecule has 2 aliphatic carbocycles. The number of rotatable bonds is 5. The summed E-state index contributed by atoms with van der Waals surface area (Å²) in [5.41, 5.74) is 1.01. The Labute approximate surface area is 155 Å². The molecule has 2 saturated carbocycles. The van der Waals surface area contributed by atoms with Crippen LogP contribution in [0.5, 0.6) is 0 Å². The molecule has 3 rings (SSSR count). The minimum absolute atomic E-state index is 0.145. The van der Waals surface area contributed by atoms with Gasteiger partial charge in [0.15, 0.2) is 0 Å². The van der Waals surface area contributed by atoms with Gasteiger partial charge in [0.1, 0.15) is 11.6 Å². The molecule has 1 aromatic rings. The third-order valence-corrected chi connectivity index (χ3v) is 7.44. The molecule has 0 unspecified atom stereocenters. The number of halogens is 2. The minimum atomic E-state index is -0.393. The van der Waals surface area contributed by atoms with Crippen LogP contribution in [0.15, 0.2) is 12.1 Å². The van der Waals surface area contributed by atoms with E-state index in [9.17, 15) is 8.78 Å². The van der Waals surface area contributed by atoms with Crippen molar-refractivity contribution in [1.82, 2.24) is 0 Å². The zero-order valence-electron chi connectivity index (χ0n) is 15.5. The Morgan fingerprint density at radius 2 is 1.24 bits per heavy atom. The predicted molar refractivity (Wildman–Crippen MR) is 101 cm³/mol. The molecule has 2 fully saturated rings. The van der Waals surface area contributed by atoms with E-state index in [0.717, 1.165) is 42.2 Å². The average Bonchev–Trinajstić information content (AvgIpc) is 2.65. The monoisotopic (exact) mass is 361 g/mol. The van der Waals surface area contributed by atoms with Gasteiger partial charge in [-0.2, -0.15) is 0 Å². The van der Waals surface area contributed by atoms with E-state index in [4.69, 9.17) is 0 Å². The molecule has 3 heteroatoms. The summed E-state index contributed by atoms with van der Waals surface area (Å²) in [6.45, 7) is 1.51. The van der Waals surface area contributed by atoms with Crippen LogP contribution in [0.3, 0.4) is 0 Å². The molecule has 0 aromatic heterocycles. The normalized spacial score (nSPS) is 30.4. The minimum Gasteiger partial charge on any atom is -0.207 e. The van der Waals surface area contributed by atoms with E-state index in [2.05, 4.69) is 10.2 Å². The first-order chi connectivity index (χ1) is 12.1. The summed E-state index contributed by atoms with van der Waals surface area (Å²) < 4.78 is 27.6. The molecule has 0 N–H and O–H groups in total. The van der Waals surface area contributed by atoms with Gasteiger partial charge in [-0.15, -0.1) is 0 Å². The summed E-state index contributed by atoms with van der Waals surface area (Å²) in [7, 11) is 3.67. The van der Waals surface area contributed by atoms with Gasteiger partial charge in [-0.25, -0.2) is 8.78 Å². The second-order valence-electron chi connectivity index (χ2n) is 8.50. The SMILES string of the molecule is Cc1c(F)cc(C2CCC(CCC3CCC(C[Si])CC3)CC2)cc1F. The average molecular weight is 362 g/mol. The van der Waals surface area contributed by atoms with Crippen molar-refractivity contribution >= 4 is 10.2 Å². The Hall–Kier alpha value is -0.703. The molecular weight excluding hydrogens is 330 g/mol. The first-order valence-electron chi connectivity index (χ1n) is 10.2. The summed E-state index contributed by atoms with van der Waals surface area (Å²) in [6.07, 6.45) is 13.0. The van der Waals surface area contributed by atoms with Crippen LogP contribution in [0.25, 0.3) is 0 Å². The van der Waals surface area contributed by atoms with E-state index in [-0.39, 0.29) is 5.56 Å². The van der Waals surface area contributed by atoms with Gasteiger partial charge in [0.05, 0.1) is 0 Å². The topological polar surface area (TPSA) is 0 Å². The van der Waals surface area contributed by atoms with E-state index < -0.39 is 11.6 Å². The zero-order valence-corrected chi connectivity index (χ0v) is 16.5. The molecule has 137 valence electrons. The summed E-state index contributed by atoms with van der Waals surface area (Å²) in [5.74, 6) is 2.22. The highest BCUT2D eigenvalue weighted by molar-refractivity contribution is 6.08. The van der Waals surface area contributed by atoms with Crippen molar-refractivity contribution in [2.75, 3.05) is 0 Å². The quantitative estimate of drug-likeness (QED) is 0.511. The van der Waals surface area contributed by atoms with Gasteiger partial charge >= 0.3 is 0 Å². The Balaban J connectivity index is 1.43. The molecule has 2 aliphatic rings. The lowest BCUT2D eigenvalue weighted by Crippen LogP contribution is -2.17. The summed E-state index contributed by atoms with van der Waals surface area (Å²) >= 11 is 0. The Kier molecular flexibility index (Phi) is 6.71. The van der Waals surface area contributed by atoms with Gasteiger partial charge in [0.25, 0.3) is 0 Å². The molecule has 0 nitrogen and oxygen atoms in total. The fourth-order valence-electron chi connectivity index (χ4n) is 4.88. The molecule has 0 heterocycles. The van der Waals surface area contributed by atoms with Gasteiger partial charge in [0, 0.05) is 15.8 Å². The smallest absolute Gasteiger partial charge is 0.129 e. The number of hydrogen-bond donors (Lipinski definition) is 0. The molecule has 0 saturated heterocycles. The maximum absolute atomic E-state index is 13.8. The fraction of sp³-hybridized carbons (Fsp3) is 0.727. The van der Waals surface area contributed by atoms with Crippen molar-refractivity contribution < 1.29 is 8.78 Å². The summed E-state index contributed by atoms with van der Waals surface area (Å²) in [4.78, 5) is 0. The molecule has 25 heavy (non-hydrogen) atoms. The maximum atomic E-state index is 13.8. The first-order valence-corrected chi connectivity index (χ1v) is 10.9. The van der Waals surface area contributed by atoms with E-state index in [1.54, 1.807) is 12.1 Å². The van der Waals surface area contributed by atoms with Crippen LogP contribution < -0.4 is 0 Å². The van der Waals surface area contributed by atoms with Crippen LogP contribution in [0, 0.1) is 36.3 Å². The zero-order chi connectivity index (χ0) is 17.8. The van der Waals surface area contributed by atoms with Crippen LogP contribution in [-0.4, -0.2) is 10.2 Å².